The minimum absolute atomic E-state index is 0.267. The van der Waals surface area contributed by atoms with Gasteiger partial charge in [-0.15, -0.1) is 0 Å². The topological polar surface area (TPSA) is 127 Å². The first-order valence-electron chi connectivity index (χ1n) is 6.07. The van der Waals surface area contributed by atoms with E-state index < -0.39 is 11.9 Å². The number of guanidine groups is 1. The van der Waals surface area contributed by atoms with Crippen molar-refractivity contribution in [3.63, 3.8) is 0 Å². The van der Waals surface area contributed by atoms with Gasteiger partial charge in [-0.1, -0.05) is 17.3 Å². The molecule has 1 aliphatic rings. The number of hydrogen-bond acceptors (Lipinski definition) is 14. The quantitative estimate of drug-likeness (QED) is 0.266. The van der Waals surface area contributed by atoms with E-state index in [9.17, 15) is 5.21 Å². The first kappa shape index (κ1) is 20.3. The zero-order valence-electron chi connectivity index (χ0n) is 13.7. The summed E-state index contributed by atoms with van der Waals surface area (Å²) < 4.78 is 11.0. The van der Waals surface area contributed by atoms with Gasteiger partial charge in [0.2, 0.25) is 5.96 Å². The van der Waals surface area contributed by atoms with Crippen LogP contribution >= 0.6 is 12.8 Å². The maximum absolute atomic E-state index is 10.1. The number of hydrogen-bond donors (Lipinski definition) is 3. The van der Waals surface area contributed by atoms with Crippen molar-refractivity contribution in [2.45, 2.75) is 11.9 Å². The van der Waals surface area contributed by atoms with Crippen molar-refractivity contribution in [2.75, 3.05) is 42.7 Å². The van der Waals surface area contributed by atoms with Crippen LogP contribution in [0.5, 0.6) is 0 Å². The number of rotatable bonds is 8. The molecule has 1 aliphatic heterocycles. The highest BCUT2D eigenvalue weighted by Gasteiger charge is 2.66. The highest BCUT2D eigenvalue weighted by Crippen LogP contribution is 2.40. The van der Waals surface area contributed by atoms with Gasteiger partial charge in [-0.05, 0) is 5.06 Å². The molecule has 0 saturated heterocycles. The van der Waals surface area contributed by atoms with E-state index in [0.717, 1.165) is 15.4 Å². The Kier molecular flexibility index (Phi) is 6.93. The molecule has 0 fully saturated rings. The van der Waals surface area contributed by atoms with Crippen LogP contribution in [-0.4, -0.2) is 85.6 Å². The van der Waals surface area contributed by atoms with Crippen LogP contribution in [0.4, 0.5) is 0 Å². The second-order valence-corrected chi connectivity index (χ2v) is 4.27. The van der Waals surface area contributed by atoms with Gasteiger partial charge in [0, 0.05) is 19.4 Å². The van der Waals surface area contributed by atoms with Gasteiger partial charge in [0.25, 0.3) is 0 Å². The van der Waals surface area contributed by atoms with Crippen LogP contribution in [0.25, 0.3) is 0 Å². The Hall–Kier alpha value is -0.780. The molecule has 2 unspecified atom stereocenters. The lowest BCUT2D eigenvalue weighted by molar-refractivity contribution is -0.576. The minimum Gasteiger partial charge on any atom is -0.368 e. The van der Waals surface area contributed by atoms with Crippen LogP contribution in [-0.2, 0) is 28.8 Å². The molecule has 1 rings (SSSR count). The zero-order chi connectivity index (χ0) is 17.8. The predicted octanol–water partition coefficient (Wildman–Crippen LogP) is -1.48. The lowest BCUT2D eigenvalue weighted by atomic mass is 10.5. The second kappa shape index (κ2) is 7.86. The fraction of sp³-hybridized carbons (Fsp3) is 0.889. The Morgan fingerprint density at radius 3 is 1.96 bits per heavy atom. The van der Waals surface area contributed by atoms with Crippen molar-refractivity contribution in [3.05, 3.63) is 0 Å². The van der Waals surface area contributed by atoms with E-state index >= 15 is 0 Å². The molecule has 23 heavy (non-hydrogen) atoms. The summed E-state index contributed by atoms with van der Waals surface area (Å²) in [7, 11) is 7.62. The maximum Gasteiger partial charge on any atom is 0.360 e. The molecule has 1 heterocycles. The number of nitrogens with two attached hydrogens (primary N) is 1. The summed E-state index contributed by atoms with van der Waals surface area (Å²) in [5.41, 5.74) is 5.89. The fourth-order valence-electron chi connectivity index (χ4n) is 2.15. The first-order valence-corrected chi connectivity index (χ1v) is 6.47. The average molecular weight is 358 g/mol. The number of hydroxylamine groups is 7. The molecular formula is C9H22N6O7S. The largest absolute Gasteiger partial charge is 0.368 e. The van der Waals surface area contributed by atoms with Crippen molar-refractivity contribution in [1.29, 1.82) is 0 Å². The van der Waals surface area contributed by atoms with Crippen molar-refractivity contribution in [2.24, 2.45) is 10.7 Å². The molecule has 13 nitrogen and oxygen atoms in total. The fourth-order valence-corrected chi connectivity index (χ4v) is 2.40. The lowest BCUT2D eigenvalue weighted by Crippen LogP contribution is -2.80. The molecule has 0 spiro atoms. The molecule has 0 amide bonds. The summed E-state index contributed by atoms with van der Waals surface area (Å²) >= 11 is 3.87. The summed E-state index contributed by atoms with van der Waals surface area (Å²) in [5, 5.41) is 12.6. The molecule has 3 N–H and O–H groups in total. The summed E-state index contributed by atoms with van der Waals surface area (Å²) in [4.78, 5) is 24.6. The van der Waals surface area contributed by atoms with E-state index in [2.05, 4.69) is 17.8 Å². The Bertz CT molecular complexity index is 427. The Morgan fingerprint density at radius 2 is 1.65 bits per heavy atom. The van der Waals surface area contributed by atoms with Gasteiger partial charge < -0.3 is 15.2 Å². The average Bonchev–Trinajstić information content (AvgIpc) is 2.54. The molecule has 0 aromatic heterocycles. The van der Waals surface area contributed by atoms with Gasteiger partial charge in [0.05, 0.1) is 28.4 Å². The van der Waals surface area contributed by atoms with E-state index in [1.165, 1.54) is 42.7 Å². The summed E-state index contributed by atoms with van der Waals surface area (Å²) in [5.74, 6) is -4.29. The third-order valence-corrected chi connectivity index (χ3v) is 3.27. The van der Waals surface area contributed by atoms with E-state index in [0.29, 0.717) is 4.47 Å². The molecule has 0 aromatic carbocycles. The molecule has 0 aromatic rings. The molecule has 2 atom stereocenters. The second-order valence-electron chi connectivity index (χ2n) is 3.89. The van der Waals surface area contributed by atoms with Gasteiger partial charge >= 0.3 is 11.9 Å². The molecule has 0 radical (unpaired) electrons. The van der Waals surface area contributed by atoms with E-state index in [4.69, 9.17) is 34.6 Å². The summed E-state index contributed by atoms with van der Waals surface area (Å²) in [6.45, 7) is 0. The Morgan fingerprint density at radius 1 is 1.09 bits per heavy atom. The molecule has 0 bridgehead atoms. The Balaban J connectivity index is 3.69. The van der Waals surface area contributed by atoms with Crippen LogP contribution in [0.15, 0.2) is 4.99 Å². The van der Waals surface area contributed by atoms with E-state index in [1.807, 2.05) is 0 Å². The number of nitrogens with zero attached hydrogens (tertiary/aromatic N) is 5. The number of ether oxygens (including phenoxy) is 2. The third kappa shape index (κ3) is 2.87. The van der Waals surface area contributed by atoms with E-state index in [-0.39, 0.29) is 5.96 Å². The van der Waals surface area contributed by atoms with Gasteiger partial charge in [0.1, 0.15) is 0 Å². The smallest absolute Gasteiger partial charge is 0.360 e. The number of methoxy groups -OCH3 is 2. The molecule has 0 aliphatic carbocycles. The SMILES string of the molecule is CON(OC)C1(OC)N=C(N)N(OC)C(OC)(N(O)S)N1OC. The predicted molar refractivity (Wildman–Crippen MR) is 77.3 cm³/mol. The van der Waals surface area contributed by atoms with Crippen molar-refractivity contribution < 1.29 is 34.0 Å². The van der Waals surface area contributed by atoms with Gasteiger partial charge in [-0.25, -0.2) is 0 Å². The lowest BCUT2D eigenvalue weighted by Gasteiger charge is -2.55. The van der Waals surface area contributed by atoms with Crippen molar-refractivity contribution in [1.82, 2.24) is 19.8 Å². The van der Waals surface area contributed by atoms with Crippen LogP contribution in [0.2, 0.25) is 0 Å². The molecular weight excluding hydrogens is 336 g/mol. The standard InChI is InChI=1S/C9H22N6O7S/c1-17-8(15(21-5)22-6)11-7(10)12(19-3)9(18-2,14(16)23)13(8)20-4/h16,23H,1-6H3,(H2,10,11). The first-order chi connectivity index (χ1) is 10.9. The van der Waals surface area contributed by atoms with Crippen LogP contribution in [0, 0.1) is 0 Å². The van der Waals surface area contributed by atoms with Crippen molar-refractivity contribution >= 4 is 18.8 Å². The minimum atomic E-state index is -2.07. The highest BCUT2D eigenvalue weighted by molar-refractivity contribution is 7.77. The van der Waals surface area contributed by atoms with Crippen molar-refractivity contribution in [3.8, 4) is 0 Å². The normalized spacial score (nSPS) is 29.5. The maximum atomic E-state index is 10.1. The van der Waals surface area contributed by atoms with Crippen LogP contribution in [0.1, 0.15) is 0 Å². The van der Waals surface area contributed by atoms with Gasteiger partial charge in [-0.3, -0.25) is 24.6 Å². The Labute approximate surface area is 138 Å². The van der Waals surface area contributed by atoms with Crippen LogP contribution < -0.4 is 5.73 Å². The number of thiol groups is 1. The van der Waals surface area contributed by atoms with Gasteiger partial charge in [-0.2, -0.15) is 10.1 Å². The van der Waals surface area contributed by atoms with E-state index in [1.54, 1.807) is 0 Å². The molecule has 0 saturated carbocycles. The summed E-state index contributed by atoms with van der Waals surface area (Å²) in [6, 6.07) is 0. The molecule has 136 valence electrons. The van der Waals surface area contributed by atoms with Crippen LogP contribution in [0.3, 0.4) is 0 Å². The zero-order valence-corrected chi connectivity index (χ0v) is 14.6. The highest BCUT2D eigenvalue weighted by atomic mass is 32.1. The van der Waals surface area contributed by atoms with Gasteiger partial charge in [0.15, 0.2) is 0 Å². The third-order valence-electron chi connectivity index (χ3n) is 3.00. The number of aliphatic imine (C=N–C) groups is 1. The monoisotopic (exact) mass is 358 g/mol. The molecule has 14 heteroatoms. The summed E-state index contributed by atoms with van der Waals surface area (Å²) in [6.07, 6.45) is 0.